The third-order valence-corrected chi connectivity index (χ3v) is 10.6. The van der Waals surface area contributed by atoms with Gasteiger partial charge < -0.3 is 4.42 Å². The zero-order valence-electron chi connectivity index (χ0n) is 20.8. The van der Waals surface area contributed by atoms with Gasteiger partial charge in [-0.2, -0.15) is 4.31 Å². The quantitative estimate of drug-likeness (QED) is 0.234. The SMILES string of the molecule is CSc1cccc2sc(N(Cc3ccco3)C(=O)c3ccc(S(=O)(=O)N(C)C4CCCCC4)cc3)nc12. The van der Waals surface area contributed by atoms with Crippen molar-refractivity contribution in [2.24, 2.45) is 0 Å². The number of para-hydroxylation sites is 1. The monoisotopic (exact) mass is 555 g/mol. The molecule has 0 radical (unpaired) electrons. The van der Waals surface area contributed by atoms with Crippen LogP contribution in [0.15, 0.2) is 75.1 Å². The van der Waals surface area contributed by atoms with E-state index in [0.717, 1.165) is 47.2 Å². The van der Waals surface area contributed by atoms with E-state index in [9.17, 15) is 13.2 Å². The van der Waals surface area contributed by atoms with Crippen LogP contribution in [0.1, 0.15) is 48.2 Å². The summed E-state index contributed by atoms with van der Waals surface area (Å²) >= 11 is 3.05. The van der Waals surface area contributed by atoms with Crippen LogP contribution in [0.3, 0.4) is 0 Å². The van der Waals surface area contributed by atoms with Gasteiger partial charge in [-0.3, -0.25) is 9.69 Å². The average Bonchev–Trinajstić information content (AvgIpc) is 3.61. The number of thiazole rings is 1. The van der Waals surface area contributed by atoms with Crippen LogP contribution in [-0.2, 0) is 16.6 Å². The van der Waals surface area contributed by atoms with Crippen molar-refractivity contribution in [3.63, 3.8) is 0 Å². The van der Waals surface area contributed by atoms with Gasteiger partial charge in [0.2, 0.25) is 10.0 Å². The maximum absolute atomic E-state index is 13.7. The molecule has 1 amide bonds. The number of rotatable bonds is 8. The van der Waals surface area contributed by atoms with Crippen molar-refractivity contribution in [1.82, 2.24) is 9.29 Å². The van der Waals surface area contributed by atoms with Gasteiger partial charge in [0.15, 0.2) is 5.13 Å². The van der Waals surface area contributed by atoms with Gasteiger partial charge in [0.05, 0.1) is 27.9 Å². The van der Waals surface area contributed by atoms with E-state index in [1.165, 1.54) is 27.8 Å². The zero-order valence-corrected chi connectivity index (χ0v) is 23.2. The topological polar surface area (TPSA) is 83.7 Å². The predicted octanol–water partition coefficient (Wildman–Crippen LogP) is 6.41. The molecule has 1 aliphatic rings. The molecule has 194 valence electrons. The second-order valence-electron chi connectivity index (χ2n) is 9.11. The number of fused-ring (bicyclic) bond motifs is 1. The van der Waals surface area contributed by atoms with E-state index < -0.39 is 10.0 Å². The number of thioether (sulfide) groups is 1. The number of hydrogen-bond donors (Lipinski definition) is 0. The van der Waals surface area contributed by atoms with Gasteiger partial charge in [-0.15, -0.1) is 11.8 Å². The lowest BCUT2D eigenvalue weighted by atomic mass is 9.96. The zero-order chi connectivity index (χ0) is 26.0. The number of carbonyl (C=O) groups is 1. The van der Waals surface area contributed by atoms with Gasteiger partial charge >= 0.3 is 0 Å². The first-order valence-corrected chi connectivity index (χ1v) is 15.7. The summed E-state index contributed by atoms with van der Waals surface area (Å²) < 4.78 is 34.5. The van der Waals surface area contributed by atoms with Crippen molar-refractivity contribution < 1.29 is 17.6 Å². The van der Waals surface area contributed by atoms with E-state index in [1.807, 2.05) is 30.5 Å². The molecule has 0 atom stereocenters. The van der Waals surface area contributed by atoms with Gasteiger partial charge in [0.1, 0.15) is 5.76 Å². The fraction of sp³-hybridized carbons (Fsp3) is 0.333. The summed E-state index contributed by atoms with van der Waals surface area (Å²) in [5.41, 5.74) is 1.25. The second-order valence-corrected chi connectivity index (χ2v) is 13.0. The fourth-order valence-corrected chi connectivity index (χ4v) is 7.74. The van der Waals surface area contributed by atoms with Crippen LogP contribution in [-0.4, -0.2) is 43.0 Å². The summed E-state index contributed by atoms with van der Waals surface area (Å²) in [5.74, 6) is 0.358. The van der Waals surface area contributed by atoms with E-state index in [4.69, 9.17) is 9.40 Å². The van der Waals surface area contributed by atoms with Crippen LogP contribution in [0, 0.1) is 0 Å². The molecular formula is C27H29N3O4S3. The number of nitrogens with zero attached hydrogens (tertiary/aromatic N) is 3. The number of sulfonamides is 1. The van der Waals surface area contributed by atoms with Crippen LogP contribution in [0.4, 0.5) is 5.13 Å². The highest BCUT2D eigenvalue weighted by atomic mass is 32.2. The predicted molar refractivity (Wildman–Crippen MR) is 149 cm³/mol. The van der Waals surface area contributed by atoms with E-state index in [0.29, 0.717) is 16.5 Å². The molecule has 0 unspecified atom stereocenters. The Balaban J connectivity index is 1.44. The minimum atomic E-state index is -3.64. The van der Waals surface area contributed by atoms with Gasteiger partial charge in [-0.1, -0.05) is 36.7 Å². The normalized spacial score (nSPS) is 14.9. The van der Waals surface area contributed by atoms with E-state index in [-0.39, 0.29) is 23.4 Å². The highest BCUT2D eigenvalue weighted by Crippen LogP contribution is 2.35. The van der Waals surface area contributed by atoms with Gasteiger partial charge in [0, 0.05) is 23.5 Å². The minimum absolute atomic E-state index is 0.0223. The maximum Gasteiger partial charge on any atom is 0.260 e. The smallest absolute Gasteiger partial charge is 0.260 e. The first-order valence-electron chi connectivity index (χ1n) is 12.2. The number of carbonyl (C=O) groups excluding carboxylic acids is 1. The molecule has 0 bridgehead atoms. The number of hydrogen-bond acceptors (Lipinski definition) is 7. The Morgan fingerprint density at radius 3 is 2.51 bits per heavy atom. The van der Waals surface area contributed by atoms with E-state index in [1.54, 1.807) is 48.2 Å². The summed E-state index contributed by atoms with van der Waals surface area (Å²) in [6.07, 6.45) is 8.60. The Labute approximate surface area is 225 Å². The minimum Gasteiger partial charge on any atom is -0.467 e. The molecule has 0 aliphatic heterocycles. The summed E-state index contributed by atoms with van der Waals surface area (Å²) in [5, 5.41) is 0.562. The van der Waals surface area contributed by atoms with Gasteiger partial charge in [-0.05, 0) is 67.6 Å². The number of anilines is 1. The number of aromatic nitrogens is 1. The van der Waals surface area contributed by atoms with Crippen LogP contribution < -0.4 is 4.90 Å². The number of amides is 1. The Hall–Kier alpha value is -2.66. The van der Waals surface area contributed by atoms with E-state index >= 15 is 0 Å². The Kier molecular flexibility index (Phi) is 7.71. The number of benzene rings is 2. The van der Waals surface area contributed by atoms with Gasteiger partial charge in [-0.25, -0.2) is 13.4 Å². The lowest BCUT2D eigenvalue weighted by Gasteiger charge is -2.30. The van der Waals surface area contributed by atoms with Crippen LogP contribution >= 0.6 is 23.1 Å². The third kappa shape index (κ3) is 5.34. The molecule has 0 saturated heterocycles. The van der Waals surface area contributed by atoms with Crippen molar-refractivity contribution in [3.05, 3.63) is 72.2 Å². The standard InChI is InChI=1S/C27H29N3O4S3/c1-29(20-8-4-3-5-9-20)37(32,33)22-15-13-19(14-16-22)26(31)30(18-21-10-7-17-34-21)27-28-25-23(35-2)11-6-12-24(25)36-27/h6-7,10-17,20H,3-5,8-9,18H2,1-2H3. The Morgan fingerprint density at radius 1 is 1.08 bits per heavy atom. The summed E-state index contributed by atoms with van der Waals surface area (Å²) in [6, 6.07) is 15.8. The van der Waals surface area contributed by atoms with Crippen molar-refractivity contribution in [2.75, 3.05) is 18.2 Å². The largest absolute Gasteiger partial charge is 0.467 e. The Bertz CT molecular complexity index is 1480. The molecular weight excluding hydrogens is 527 g/mol. The van der Waals surface area contributed by atoms with Crippen molar-refractivity contribution in [3.8, 4) is 0 Å². The first kappa shape index (κ1) is 26.0. The lowest BCUT2D eigenvalue weighted by molar-refractivity contribution is 0.0983. The molecule has 0 spiro atoms. The number of furan rings is 1. The Morgan fingerprint density at radius 2 is 1.84 bits per heavy atom. The molecule has 2 aromatic carbocycles. The molecule has 7 nitrogen and oxygen atoms in total. The average molecular weight is 556 g/mol. The third-order valence-electron chi connectivity index (χ3n) is 6.83. The molecule has 4 aromatic rings. The molecule has 0 N–H and O–H groups in total. The fourth-order valence-electron chi connectivity index (χ4n) is 4.71. The molecule has 2 heterocycles. The summed E-state index contributed by atoms with van der Waals surface area (Å²) in [6.45, 7) is 0.213. The summed E-state index contributed by atoms with van der Waals surface area (Å²) in [4.78, 5) is 21.4. The highest BCUT2D eigenvalue weighted by molar-refractivity contribution is 7.98. The molecule has 5 rings (SSSR count). The van der Waals surface area contributed by atoms with Crippen molar-refractivity contribution in [2.45, 2.75) is 54.5 Å². The van der Waals surface area contributed by atoms with Crippen molar-refractivity contribution in [1.29, 1.82) is 0 Å². The summed E-state index contributed by atoms with van der Waals surface area (Å²) in [7, 11) is -1.98. The van der Waals surface area contributed by atoms with Gasteiger partial charge in [0.25, 0.3) is 5.91 Å². The maximum atomic E-state index is 13.7. The van der Waals surface area contributed by atoms with Crippen molar-refractivity contribution >= 4 is 54.4 Å². The molecule has 2 aromatic heterocycles. The lowest BCUT2D eigenvalue weighted by Crippen LogP contribution is -2.38. The van der Waals surface area contributed by atoms with Crippen LogP contribution in [0.5, 0.6) is 0 Å². The van der Waals surface area contributed by atoms with E-state index in [2.05, 4.69) is 0 Å². The highest BCUT2D eigenvalue weighted by Gasteiger charge is 2.30. The molecule has 37 heavy (non-hydrogen) atoms. The molecule has 10 heteroatoms. The molecule has 1 aliphatic carbocycles. The first-order chi connectivity index (χ1) is 17.9. The second kappa shape index (κ2) is 11.0. The van der Waals surface area contributed by atoms with Crippen LogP contribution in [0.25, 0.3) is 10.2 Å². The molecule has 1 saturated carbocycles. The molecule has 1 fully saturated rings. The van der Waals surface area contributed by atoms with Crippen LogP contribution in [0.2, 0.25) is 0 Å².